The number of hydrogen-bond donors (Lipinski definition) is 0. The largest absolute Gasteiger partial charge is 0.278 e. The maximum atomic E-state index is 12.5. The van der Waals surface area contributed by atoms with Crippen LogP contribution in [0.1, 0.15) is 24.0 Å². The lowest BCUT2D eigenvalue weighted by atomic mass is 9.98. The Morgan fingerprint density at radius 1 is 0.957 bits per heavy atom. The maximum absolute atomic E-state index is 12.5. The molecule has 3 nitrogen and oxygen atoms in total. The van der Waals surface area contributed by atoms with Crippen LogP contribution in [0.25, 0.3) is 0 Å². The van der Waals surface area contributed by atoms with E-state index >= 15 is 0 Å². The van der Waals surface area contributed by atoms with E-state index < -0.39 is 0 Å². The first-order valence-corrected chi connectivity index (χ1v) is 8.55. The van der Waals surface area contributed by atoms with Crippen molar-refractivity contribution >= 4 is 27.7 Å². The van der Waals surface area contributed by atoms with Crippen molar-refractivity contribution in [3.05, 3.63) is 70.2 Å². The van der Waals surface area contributed by atoms with Crippen LogP contribution in [-0.2, 0) is 22.6 Å². The summed E-state index contributed by atoms with van der Waals surface area (Å²) in [6.07, 6.45) is 1.87. The number of halogens is 1. The molecule has 3 rings (SSSR count). The standard InChI is InChI=1S/C19H18BrNO2/c20-17-10-7-14(8-11-17)6-9-16-12-18(22)21(19(16)23)13-15-4-2-1-3-5-15/h1-5,7-8,10-11,16H,6,9,12-13H2/t16-/m1/s1. The van der Waals surface area contributed by atoms with Crippen LogP contribution in [0.2, 0.25) is 0 Å². The Bertz CT molecular complexity index is 697. The van der Waals surface area contributed by atoms with Crippen LogP contribution in [0.3, 0.4) is 0 Å². The fourth-order valence-corrected chi connectivity index (χ4v) is 3.17. The first-order chi connectivity index (χ1) is 11.1. The van der Waals surface area contributed by atoms with Gasteiger partial charge in [-0.2, -0.15) is 0 Å². The van der Waals surface area contributed by atoms with Gasteiger partial charge in [0.05, 0.1) is 6.54 Å². The molecular formula is C19H18BrNO2. The lowest BCUT2D eigenvalue weighted by Crippen LogP contribution is -2.30. The number of benzene rings is 2. The van der Waals surface area contributed by atoms with Crippen molar-refractivity contribution in [3.8, 4) is 0 Å². The Morgan fingerprint density at radius 3 is 2.35 bits per heavy atom. The van der Waals surface area contributed by atoms with E-state index in [0.717, 1.165) is 22.9 Å². The van der Waals surface area contributed by atoms with Crippen LogP contribution in [0, 0.1) is 5.92 Å². The number of amides is 2. The van der Waals surface area contributed by atoms with E-state index in [0.29, 0.717) is 13.0 Å². The van der Waals surface area contributed by atoms with Crippen molar-refractivity contribution in [2.45, 2.75) is 25.8 Å². The molecule has 2 amide bonds. The van der Waals surface area contributed by atoms with Gasteiger partial charge in [-0.05, 0) is 36.1 Å². The molecule has 2 aromatic rings. The summed E-state index contributed by atoms with van der Waals surface area (Å²) in [7, 11) is 0. The molecular weight excluding hydrogens is 354 g/mol. The summed E-state index contributed by atoms with van der Waals surface area (Å²) in [4.78, 5) is 26.1. The molecule has 118 valence electrons. The fraction of sp³-hybridized carbons (Fsp3) is 0.263. The molecule has 1 saturated heterocycles. The number of aryl methyl sites for hydroxylation is 1. The third-order valence-electron chi connectivity index (χ3n) is 4.22. The highest BCUT2D eigenvalue weighted by molar-refractivity contribution is 9.10. The van der Waals surface area contributed by atoms with Gasteiger partial charge in [0.25, 0.3) is 0 Å². The van der Waals surface area contributed by atoms with Crippen molar-refractivity contribution in [1.82, 2.24) is 4.90 Å². The highest BCUT2D eigenvalue weighted by Crippen LogP contribution is 2.26. The van der Waals surface area contributed by atoms with Crippen LogP contribution >= 0.6 is 15.9 Å². The van der Waals surface area contributed by atoms with Gasteiger partial charge in [0.2, 0.25) is 11.8 Å². The van der Waals surface area contributed by atoms with Crippen molar-refractivity contribution in [3.63, 3.8) is 0 Å². The zero-order valence-electron chi connectivity index (χ0n) is 12.7. The number of nitrogens with zero attached hydrogens (tertiary/aromatic N) is 1. The molecule has 0 bridgehead atoms. The Hall–Kier alpha value is -1.94. The summed E-state index contributed by atoms with van der Waals surface area (Å²) >= 11 is 3.41. The quantitative estimate of drug-likeness (QED) is 0.746. The first-order valence-electron chi connectivity index (χ1n) is 7.76. The minimum absolute atomic E-state index is 0.0315. The number of rotatable bonds is 5. The van der Waals surface area contributed by atoms with E-state index in [1.165, 1.54) is 10.5 Å². The average Bonchev–Trinajstić information content (AvgIpc) is 2.83. The fourth-order valence-electron chi connectivity index (χ4n) is 2.90. The molecule has 1 atom stereocenters. The Balaban J connectivity index is 1.60. The Kier molecular flexibility index (Phi) is 4.91. The second kappa shape index (κ2) is 7.09. The minimum Gasteiger partial charge on any atom is -0.278 e. The number of hydrogen-bond acceptors (Lipinski definition) is 2. The predicted molar refractivity (Wildman–Crippen MR) is 92.6 cm³/mol. The van der Waals surface area contributed by atoms with E-state index in [4.69, 9.17) is 0 Å². The Morgan fingerprint density at radius 2 is 1.65 bits per heavy atom. The van der Waals surface area contributed by atoms with Crippen LogP contribution in [0.4, 0.5) is 0 Å². The van der Waals surface area contributed by atoms with E-state index in [2.05, 4.69) is 15.9 Å². The summed E-state index contributed by atoms with van der Waals surface area (Å²) in [5, 5.41) is 0. The lowest BCUT2D eigenvalue weighted by Gasteiger charge is -2.15. The summed E-state index contributed by atoms with van der Waals surface area (Å²) in [5.41, 5.74) is 2.18. The van der Waals surface area contributed by atoms with Crippen LogP contribution in [0.15, 0.2) is 59.1 Å². The molecule has 1 heterocycles. The van der Waals surface area contributed by atoms with Gasteiger partial charge in [-0.15, -0.1) is 0 Å². The molecule has 0 unspecified atom stereocenters. The number of likely N-dealkylation sites (tertiary alicyclic amines) is 1. The van der Waals surface area contributed by atoms with Gasteiger partial charge < -0.3 is 0 Å². The van der Waals surface area contributed by atoms with Gasteiger partial charge in [-0.25, -0.2) is 0 Å². The summed E-state index contributed by atoms with van der Waals surface area (Å²) in [6, 6.07) is 17.7. The topological polar surface area (TPSA) is 37.4 Å². The third kappa shape index (κ3) is 3.88. The zero-order chi connectivity index (χ0) is 16.2. The summed E-state index contributed by atoms with van der Waals surface area (Å²) in [5.74, 6) is -0.273. The normalized spacial score (nSPS) is 17.8. The highest BCUT2D eigenvalue weighted by atomic mass is 79.9. The van der Waals surface area contributed by atoms with Gasteiger partial charge in [-0.3, -0.25) is 14.5 Å². The molecule has 1 fully saturated rings. The molecule has 1 aliphatic heterocycles. The van der Waals surface area contributed by atoms with E-state index in [1.54, 1.807) is 0 Å². The van der Waals surface area contributed by atoms with E-state index in [-0.39, 0.29) is 17.7 Å². The zero-order valence-corrected chi connectivity index (χ0v) is 14.3. The molecule has 23 heavy (non-hydrogen) atoms. The molecule has 1 aliphatic rings. The lowest BCUT2D eigenvalue weighted by molar-refractivity contribution is -0.140. The van der Waals surface area contributed by atoms with Crippen LogP contribution < -0.4 is 0 Å². The Labute approximate surface area is 144 Å². The first kappa shape index (κ1) is 15.9. The van der Waals surface area contributed by atoms with E-state index in [9.17, 15) is 9.59 Å². The number of carbonyl (C=O) groups excluding carboxylic acids is 2. The van der Waals surface area contributed by atoms with Gasteiger partial charge in [0, 0.05) is 16.8 Å². The average molecular weight is 372 g/mol. The van der Waals surface area contributed by atoms with Gasteiger partial charge in [-0.1, -0.05) is 58.4 Å². The molecule has 0 aromatic heterocycles. The molecule has 0 N–H and O–H groups in total. The van der Waals surface area contributed by atoms with Crippen molar-refractivity contribution < 1.29 is 9.59 Å². The van der Waals surface area contributed by atoms with E-state index in [1.807, 2.05) is 54.6 Å². The molecule has 4 heteroatoms. The third-order valence-corrected chi connectivity index (χ3v) is 4.74. The summed E-state index contributed by atoms with van der Waals surface area (Å²) < 4.78 is 1.04. The van der Waals surface area contributed by atoms with Crippen molar-refractivity contribution in [1.29, 1.82) is 0 Å². The molecule has 2 aromatic carbocycles. The summed E-state index contributed by atoms with van der Waals surface area (Å²) in [6.45, 7) is 0.382. The minimum atomic E-state index is -0.185. The van der Waals surface area contributed by atoms with Gasteiger partial charge in [0.1, 0.15) is 0 Å². The van der Waals surface area contributed by atoms with Crippen molar-refractivity contribution in [2.24, 2.45) is 5.92 Å². The molecule has 0 spiro atoms. The van der Waals surface area contributed by atoms with Crippen LogP contribution in [-0.4, -0.2) is 16.7 Å². The van der Waals surface area contributed by atoms with Crippen molar-refractivity contribution in [2.75, 3.05) is 0 Å². The molecule has 0 aliphatic carbocycles. The van der Waals surface area contributed by atoms with Gasteiger partial charge >= 0.3 is 0 Å². The SMILES string of the molecule is O=C1C[C@@H](CCc2ccc(Br)cc2)C(=O)N1Cc1ccccc1. The predicted octanol–water partition coefficient (Wildman–Crippen LogP) is 3.96. The molecule has 0 radical (unpaired) electrons. The number of imide groups is 1. The smallest absolute Gasteiger partial charge is 0.233 e. The second-order valence-electron chi connectivity index (χ2n) is 5.87. The highest BCUT2D eigenvalue weighted by Gasteiger charge is 2.37. The number of carbonyl (C=O) groups is 2. The monoisotopic (exact) mass is 371 g/mol. The second-order valence-corrected chi connectivity index (χ2v) is 6.79. The molecule has 0 saturated carbocycles. The van der Waals surface area contributed by atoms with Gasteiger partial charge in [0.15, 0.2) is 0 Å². The maximum Gasteiger partial charge on any atom is 0.233 e. The van der Waals surface area contributed by atoms with Crippen LogP contribution in [0.5, 0.6) is 0 Å².